The lowest BCUT2D eigenvalue weighted by molar-refractivity contribution is 0.0313. The van der Waals surface area contributed by atoms with Crippen LogP contribution in [-0.4, -0.2) is 41.8 Å². The molecule has 0 aliphatic rings. The topological polar surface area (TPSA) is 49.5 Å². The molecule has 92 valence electrons. The minimum Gasteiger partial charge on any atom is -0.389 e. The van der Waals surface area contributed by atoms with Gasteiger partial charge in [0.25, 0.3) is 0 Å². The molecule has 0 saturated carbocycles. The highest BCUT2D eigenvalue weighted by atomic mass is 16.3. The lowest BCUT2D eigenvalue weighted by atomic mass is 9.96. The molecular formula is C12H28N2O. The van der Waals surface area contributed by atoms with Crippen LogP contribution in [0.15, 0.2) is 0 Å². The van der Waals surface area contributed by atoms with Gasteiger partial charge in [-0.25, -0.2) is 0 Å². The van der Waals surface area contributed by atoms with Crippen molar-refractivity contribution >= 4 is 0 Å². The highest BCUT2D eigenvalue weighted by Gasteiger charge is 2.23. The molecule has 3 atom stereocenters. The molecular weight excluding hydrogens is 188 g/mol. The van der Waals surface area contributed by atoms with E-state index in [0.29, 0.717) is 18.5 Å². The Balaban J connectivity index is 4.03. The fraction of sp³-hybridized carbons (Fsp3) is 1.00. The van der Waals surface area contributed by atoms with E-state index in [1.807, 2.05) is 0 Å². The molecule has 3 unspecified atom stereocenters. The van der Waals surface area contributed by atoms with Crippen molar-refractivity contribution < 1.29 is 5.11 Å². The Bertz CT molecular complexity index is 171. The van der Waals surface area contributed by atoms with Crippen molar-refractivity contribution in [2.24, 2.45) is 11.7 Å². The summed E-state index contributed by atoms with van der Waals surface area (Å²) in [6.45, 7) is 9.82. The Morgan fingerprint density at radius 1 is 1.40 bits per heavy atom. The van der Waals surface area contributed by atoms with Gasteiger partial charge in [0.1, 0.15) is 0 Å². The van der Waals surface area contributed by atoms with Gasteiger partial charge in [-0.1, -0.05) is 20.3 Å². The van der Waals surface area contributed by atoms with Gasteiger partial charge in [-0.2, -0.15) is 0 Å². The van der Waals surface area contributed by atoms with Crippen LogP contribution in [0.4, 0.5) is 0 Å². The van der Waals surface area contributed by atoms with Crippen LogP contribution in [0.5, 0.6) is 0 Å². The maximum absolute atomic E-state index is 9.88. The summed E-state index contributed by atoms with van der Waals surface area (Å²) in [6.07, 6.45) is 1.93. The molecule has 0 aromatic heterocycles. The SMILES string of the molecule is CCC(C)CN(C)C(C)CC(C)(O)CN. The zero-order valence-electron chi connectivity index (χ0n) is 11.0. The van der Waals surface area contributed by atoms with Gasteiger partial charge >= 0.3 is 0 Å². The minimum atomic E-state index is -0.733. The summed E-state index contributed by atoms with van der Waals surface area (Å²) in [5.41, 5.74) is 4.78. The fourth-order valence-electron chi connectivity index (χ4n) is 1.68. The van der Waals surface area contributed by atoms with Crippen LogP contribution < -0.4 is 5.73 Å². The van der Waals surface area contributed by atoms with Gasteiger partial charge in [0.05, 0.1) is 5.60 Å². The number of hydrogen-bond donors (Lipinski definition) is 2. The van der Waals surface area contributed by atoms with Crippen LogP contribution in [0.3, 0.4) is 0 Å². The second-order valence-corrected chi connectivity index (χ2v) is 5.21. The molecule has 0 heterocycles. The van der Waals surface area contributed by atoms with Gasteiger partial charge in [0, 0.05) is 19.1 Å². The van der Waals surface area contributed by atoms with Crippen LogP contribution >= 0.6 is 0 Å². The highest BCUT2D eigenvalue weighted by Crippen LogP contribution is 2.15. The molecule has 0 amide bonds. The monoisotopic (exact) mass is 216 g/mol. The summed E-state index contributed by atoms with van der Waals surface area (Å²) in [7, 11) is 2.11. The standard InChI is InChI=1S/C12H28N2O/c1-6-10(2)8-14(5)11(3)7-12(4,15)9-13/h10-11,15H,6-9,13H2,1-5H3. The van der Waals surface area contributed by atoms with Crippen molar-refractivity contribution in [1.29, 1.82) is 0 Å². The van der Waals surface area contributed by atoms with Gasteiger partial charge in [-0.3, -0.25) is 0 Å². The summed E-state index contributed by atoms with van der Waals surface area (Å²) >= 11 is 0. The number of nitrogens with two attached hydrogens (primary N) is 1. The van der Waals surface area contributed by atoms with Crippen LogP contribution in [0.25, 0.3) is 0 Å². The number of nitrogens with zero attached hydrogens (tertiary/aromatic N) is 1. The lowest BCUT2D eigenvalue weighted by Crippen LogP contribution is -2.43. The van der Waals surface area contributed by atoms with E-state index in [1.54, 1.807) is 6.92 Å². The maximum Gasteiger partial charge on any atom is 0.0756 e. The Hall–Kier alpha value is -0.120. The van der Waals surface area contributed by atoms with Gasteiger partial charge < -0.3 is 15.7 Å². The van der Waals surface area contributed by atoms with E-state index in [9.17, 15) is 5.11 Å². The van der Waals surface area contributed by atoms with E-state index in [-0.39, 0.29) is 0 Å². The van der Waals surface area contributed by atoms with E-state index in [1.165, 1.54) is 6.42 Å². The second-order valence-electron chi connectivity index (χ2n) is 5.21. The number of hydrogen-bond acceptors (Lipinski definition) is 3. The zero-order chi connectivity index (χ0) is 12.1. The van der Waals surface area contributed by atoms with E-state index in [0.717, 1.165) is 13.0 Å². The van der Waals surface area contributed by atoms with Crippen molar-refractivity contribution in [3.8, 4) is 0 Å². The molecule has 0 spiro atoms. The molecule has 0 aliphatic carbocycles. The zero-order valence-corrected chi connectivity index (χ0v) is 11.0. The molecule has 3 N–H and O–H groups in total. The minimum absolute atomic E-state index is 0.328. The molecule has 0 rings (SSSR count). The van der Waals surface area contributed by atoms with Crippen molar-refractivity contribution in [3.05, 3.63) is 0 Å². The summed E-state index contributed by atoms with van der Waals surface area (Å²) in [5.74, 6) is 0.709. The Labute approximate surface area is 94.6 Å². The average Bonchev–Trinajstić information content (AvgIpc) is 2.16. The first kappa shape index (κ1) is 14.9. The molecule has 15 heavy (non-hydrogen) atoms. The molecule has 3 nitrogen and oxygen atoms in total. The van der Waals surface area contributed by atoms with Crippen molar-refractivity contribution in [1.82, 2.24) is 4.90 Å². The Kier molecular flexibility index (Phi) is 6.41. The molecule has 0 aromatic carbocycles. The van der Waals surface area contributed by atoms with Crippen molar-refractivity contribution in [2.45, 2.75) is 52.2 Å². The number of aliphatic hydroxyl groups is 1. The van der Waals surface area contributed by atoms with E-state index in [2.05, 4.69) is 32.7 Å². The maximum atomic E-state index is 9.88. The third kappa shape index (κ3) is 6.13. The lowest BCUT2D eigenvalue weighted by Gasteiger charge is -2.32. The van der Waals surface area contributed by atoms with Gasteiger partial charge in [0.2, 0.25) is 0 Å². The van der Waals surface area contributed by atoms with E-state index in [4.69, 9.17) is 5.73 Å². The smallest absolute Gasteiger partial charge is 0.0756 e. The summed E-state index contributed by atoms with van der Waals surface area (Å²) in [6, 6.07) is 0.373. The second kappa shape index (κ2) is 6.46. The summed E-state index contributed by atoms with van der Waals surface area (Å²) in [5, 5.41) is 9.88. The third-order valence-corrected chi connectivity index (χ3v) is 3.22. The van der Waals surface area contributed by atoms with Crippen LogP contribution in [-0.2, 0) is 0 Å². The number of rotatable bonds is 7. The molecule has 0 radical (unpaired) electrons. The molecule has 0 fully saturated rings. The van der Waals surface area contributed by atoms with Crippen LogP contribution in [0, 0.1) is 5.92 Å². The predicted molar refractivity (Wildman–Crippen MR) is 65.8 cm³/mol. The molecule has 3 heteroatoms. The van der Waals surface area contributed by atoms with E-state index >= 15 is 0 Å². The predicted octanol–water partition coefficient (Wildman–Crippen LogP) is 1.45. The molecule has 0 aliphatic heterocycles. The normalized spacial score (nSPS) is 20.0. The third-order valence-electron chi connectivity index (χ3n) is 3.22. The Morgan fingerprint density at radius 3 is 2.33 bits per heavy atom. The van der Waals surface area contributed by atoms with Crippen LogP contribution in [0.2, 0.25) is 0 Å². The highest BCUT2D eigenvalue weighted by molar-refractivity contribution is 4.80. The fourth-order valence-corrected chi connectivity index (χ4v) is 1.68. The Morgan fingerprint density at radius 2 is 1.93 bits per heavy atom. The average molecular weight is 216 g/mol. The first-order valence-corrected chi connectivity index (χ1v) is 5.95. The largest absolute Gasteiger partial charge is 0.389 e. The molecule has 0 aromatic rings. The molecule has 0 saturated heterocycles. The van der Waals surface area contributed by atoms with Gasteiger partial charge in [0.15, 0.2) is 0 Å². The quantitative estimate of drug-likeness (QED) is 0.677. The van der Waals surface area contributed by atoms with E-state index < -0.39 is 5.60 Å². The van der Waals surface area contributed by atoms with Crippen molar-refractivity contribution in [2.75, 3.05) is 20.1 Å². The molecule has 0 bridgehead atoms. The first-order valence-electron chi connectivity index (χ1n) is 5.95. The first-order chi connectivity index (χ1) is 6.82. The van der Waals surface area contributed by atoms with Crippen LogP contribution in [0.1, 0.15) is 40.5 Å². The van der Waals surface area contributed by atoms with Crippen molar-refractivity contribution in [3.63, 3.8) is 0 Å². The summed E-state index contributed by atoms with van der Waals surface area (Å²) < 4.78 is 0. The van der Waals surface area contributed by atoms with Gasteiger partial charge in [-0.15, -0.1) is 0 Å². The summed E-state index contributed by atoms with van der Waals surface area (Å²) in [4.78, 5) is 2.30. The van der Waals surface area contributed by atoms with Gasteiger partial charge in [-0.05, 0) is 33.2 Å².